The van der Waals surface area contributed by atoms with Crippen LogP contribution in [0.4, 0.5) is 0 Å². The molecule has 2 heterocycles. The summed E-state index contributed by atoms with van der Waals surface area (Å²) < 4.78 is 5.23. The summed E-state index contributed by atoms with van der Waals surface area (Å²) >= 11 is 0. The molecular formula is C18H20N4O3. The summed E-state index contributed by atoms with van der Waals surface area (Å²) in [5.74, 6) is 0.826. The maximum absolute atomic E-state index is 12.2. The van der Waals surface area contributed by atoms with Crippen LogP contribution < -0.4 is 5.32 Å². The van der Waals surface area contributed by atoms with Crippen LogP contribution in [0.1, 0.15) is 25.2 Å². The highest BCUT2D eigenvalue weighted by molar-refractivity contribution is 5.89. The normalized spacial score (nSPS) is 20.1. The number of rotatable bonds is 6. The van der Waals surface area contributed by atoms with Crippen LogP contribution in [-0.2, 0) is 16.0 Å². The molecule has 0 bridgehead atoms. The highest BCUT2D eigenvalue weighted by Crippen LogP contribution is 2.32. The zero-order chi connectivity index (χ0) is 17.2. The van der Waals surface area contributed by atoms with Gasteiger partial charge < -0.3 is 14.7 Å². The molecule has 0 spiro atoms. The monoisotopic (exact) mass is 340 g/mol. The van der Waals surface area contributed by atoms with Crippen LogP contribution in [0.3, 0.4) is 0 Å². The van der Waals surface area contributed by atoms with Crippen molar-refractivity contribution in [3.63, 3.8) is 0 Å². The zero-order valence-electron chi connectivity index (χ0n) is 13.9. The molecule has 2 amide bonds. The molecule has 1 saturated carbocycles. The number of likely N-dealkylation sites (tertiary alicyclic amines) is 1. The lowest BCUT2D eigenvalue weighted by molar-refractivity contribution is -0.129. The molecule has 2 aromatic rings. The summed E-state index contributed by atoms with van der Waals surface area (Å²) in [5.41, 5.74) is 0.895. The van der Waals surface area contributed by atoms with E-state index in [-0.39, 0.29) is 17.7 Å². The number of aromatic nitrogens is 2. The largest absolute Gasteiger partial charge is 0.355 e. The number of hydrogen-bond acceptors (Lipinski definition) is 5. The Labute approximate surface area is 145 Å². The molecule has 7 heteroatoms. The van der Waals surface area contributed by atoms with Gasteiger partial charge in [0, 0.05) is 37.5 Å². The molecule has 4 rings (SSSR count). The fraction of sp³-hybridized carbons (Fsp3) is 0.444. The molecule has 1 aliphatic carbocycles. The Morgan fingerprint density at radius 1 is 1.28 bits per heavy atom. The topological polar surface area (TPSA) is 88.3 Å². The van der Waals surface area contributed by atoms with Crippen molar-refractivity contribution >= 4 is 11.8 Å². The van der Waals surface area contributed by atoms with Gasteiger partial charge in [0.1, 0.15) is 0 Å². The summed E-state index contributed by atoms with van der Waals surface area (Å²) in [7, 11) is 0. The summed E-state index contributed by atoms with van der Waals surface area (Å²) in [6.45, 7) is 0.970. The summed E-state index contributed by atoms with van der Waals surface area (Å²) in [5, 5.41) is 6.83. The molecule has 0 radical (unpaired) electrons. The minimum absolute atomic E-state index is 0.0701. The first-order valence-corrected chi connectivity index (χ1v) is 8.66. The van der Waals surface area contributed by atoms with E-state index in [1.165, 1.54) is 0 Å². The van der Waals surface area contributed by atoms with Gasteiger partial charge in [-0.1, -0.05) is 35.5 Å². The molecule has 1 aromatic heterocycles. The Hall–Kier alpha value is -2.70. The lowest BCUT2D eigenvalue weighted by atomic mass is 10.1. The van der Waals surface area contributed by atoms with E-state index in [9.17, 15) is 9.59 Å². The Kier molecular flexibility index (Phi) is 4.21. The number of carbonyl (C=O) groups is 2. The smallest absolute Gasteiger partial charge is 0.228 e. The lowest BCUT2D eigenvalue weighted by Crippen LogP contribution is -2.34. The van der Waals surface area contributed by atoms with Crippen LogP contribution in [0.15, 0.2) is 34.9 Å². The van der Waals surface area contributed by atoms with E-state index >= 15 is 0 Å². The number of hydrogen-bond donors (Lipinski definition) is 1. The average Bonchev–Trinajstić information content (AvgIpc) is 3.23. The van der Waals surface area contributed by atoms with Crippen LogP contribution >= 0.6 is 0 Å². The first-order valence-electron chi connectivity index (χ1n) is 8.66. The van der Waals surface area contributed by atoms with Crippen molar-refractivity contribution in [2.24, 2.45) is 5.92 Å². The predicted octanol–water partition coefficient (Wildman–Crippen LogP) is 1.41. The summed E-state index contributed by atoms with van der Waals surface area (Å²) in [6.07, 6.45) is 2.93. The van der Waals surface area contributed by atoms with Crippen LogP contribution in [0.5, 0.6) is 0 Å². The van der Waals surface area contributed by atoms with Gasteiger partial charge in [-0.05, 0) is 12.8 Å². The number of amides is 2. The van der Waals surface area contributed by atoms with Crippen molar-refractivity contribution in [3.05, 3.63) is 36.2 Å². The van der Waals surface area contributed by atoms with Gasteiger partial charge in [0.05, 0.1) is 5.92 Å². The summed E-state index contributed by atoms with van der Waals surface area (Å²) in [4.78, 5) is 30.4. The number of nitrogens with zero attached hydrogens (tertiary/aromatic N) is 3. The molecule has 130 valence electrons. The van der Waals surface area contributed by atoms with E-state index in [2.05, 4.69) is 15.5 Å². The minimum Gasteiger partial charge on any atom is -0.355 e. The zero-order valence-corrected chi connectivity index (χ0v) is 13.9. The number of nitrogens with one attached hydrogen (secondary N) is 1. The molecule has 25 heavy (non-hydrogen) atoms. The van der Waals surface area contributed by atoms with Crippen molar-refractivity contribution in [2.75, 3.05) is 13.1 Å². The highest BCUT2D eigenvalue weighted by Gasteiger charge is 2.41. The molecule has 1 aliphatic heterocycles. The molecule has 1 atom stereocenters. The van der Waals surface area contributed by atoms with E-state index in [1.807, 2.05) is 35.2 Å². The highest BCUT2D eigenvalue weighted by atomic mass is 16.5. The SMILES string of the molecule is O=C(NCCc1nc(-c2ccccc2)no1)[C@@H]1CC(=O)N(C2CC2)C1. The van der Waals surface area contributed by atoms with Gasteiger partial charge in [0.25, 0.3) is 0 Å². The van der Waals surface area contributed by atoms with E-state index in [0.717, 1.165) is 18.4 Å². The van der Waals surface area contributed by atoms with E-state index in [1.54, 1.807) is 0 Å². The molecule has 1 saturated heterocycles. The molecular weight excluding hydrogens is 320 g/mol. The van der Waals surface area contributed by atoms with E-state index in [0.29, 0.717) is 43.7 Å². The van der Waals surface area contributed by atoms with Crippen molar-refractivity contribution < 1.29 is 14.1 Å². The van der Waals surface area contributed by atoms with Crippen molar-refractivity contribution in [3.8, 4) is 11.4 Å². The van der Waals surface area contributed by atoms with E-state index < -0.39 is 0 Å². The van der Waals surface area contributed by atoms with Crippen LogP contribution in [-0.4, -0.2) is 46.0 Å². The molecule has 1 N–H and O–H groups in total. The fourth-order valence-electron chi connectivity index (χ4n) is 3.14. The average molecular weight is 340 g/mol. The second-order valence-corrected chi connectivity index (χ2v) is 6.60. The lowest BCUT2D eigenvalue weighted by Gasteiger charge is -2.15. The quantitative estimate of drug-likeness (QED) is 0.859. The van der Waals surface area contributed by atoms with Crippen molar-refractivity contribution in [1.82, 2.24) is 20.4 Å². The third-order valence-corrected chi connectivity index (χ3v) is 4.66. The maximum Gasteiger partial charge on any atom is 0.228 e. The van der Waals surface area contributed by atoms with Crippen LogP contribution in [0, 0.1) is 5.92 Å². The Morgan fingerprint density at radius 3 is 2.84 bits per heavy atom. The first-order chi connectivity index (χ1) is 12.2. The van der Waals surface area contributed by atoms with Gasteiger partial charge in [-0.15, -0.1) is 0 Å². The summed E-state index contributed by atoms with van der Waals surface area (Å²) in [6, 6.07) is 9.97. The third-order valence-electron chi connectivity index (χ3n) is 4.66. The van der Waals surface area contributed by atoms with Gasteiger partial charge in [0.2, 0.25) is 23.5 Å². The standard InChI is InChI=1S/C18H20N4O3/c23-16-10-13(11-22(16)14-6-7-14)18(24)19-9-8-15-20-17(21-25-15)12-4-2-1-3-5-12/h1-5,13-14H,6-11H2,(H,19,24)/t13-/m1/s1. The third kappa shape index (κ3) is 3.55. The van der Waals surface area contributed by atoms with Crippen molar-refractivity contribution in [2.45, 2.75) is 31.7 Å². The van der Waals surface area contributed by atoms with E-state index in [4.69, 9.17) is 4.52 Å². The van der Waals surface area contributed by atoms with Gasteiger partial charge in [0.15, 0.2) is 0 Å². The minimum atomic E-state index is -0.240. The van der Waals surface area contributed by atoms with Gasteiger partial charge in [-0.25, -0.2) is 0 Å². The van der Waals surface area contributed by atoms with Gasteiger partial charge >= 0.3 is 0 Å². The first kappa shape index (κ1) is 15.8. The molecule has 2 fully saturated rings. The van der Waals surface area contributed by atoms with Crippen LogP contribution in [0.25, 0.3) is 11.4 Å². The fourth-order valence-corrected chi connectivity index (χ4v) is 3.14. The molecule has 1 aromatic carbocycles. The second-order valence-electron chi connectivity index (χ2n) is 6.60. The van der Waals surface area contributed by atoms with Gasteiger partial charge in [-0.3, -0.25) is 9.59 Å². The van der Waals surface area contributed by atoms with Crippen LogP contribution in [0.2, 0.25) is 0 Å². The van der Waals surface area contributed by atoms with Gasteiger partial charge in [-0.2, -0.15) is 4.98 Å². The number of benzene rings is 1. The van der Waals surface area contributed by atoms with Crippen molar-refractivity contribution in [1.29, 1.82) is 0 Å². The predicted molar refractivity (Wildman–Crippen MR) is 89.3 cm³/mol. The molecule has 0 unspecified atom stereocenters. The maximum atomic E-state index is 12.2. The Balaban J connectivity index is 1.26. The number of carbonyl (C=O) groups excluding carboxylic acids is 2. The molecule has 2 aliphatic rings. The second kappa shape index (κ2) is 6.66. The molecule has 7 nitrogen and oxygen atoms in total. The Morgan fingerprint density at radius 2 is 2.08 bits per heavy atom. The Bertz CT molecular complexity index is 770.